The maximum absolute atomic E-state index is 13.0. The zero-order valence-corrected chi connectivity index (χ0v) is 12.4. The van der Waals surface area contributed by atoms with Gasteiger partial charge in [0.25, 0.3) is 0 Å². The van der Waals surface area contributed by atoms with Crippen LogP contribution in [0.25, 0.3) is 0 Å². The van der Waals surface area contributed by atoms with Crippen LogP contribution in [0.3, 0.4) is 0 Å². The van der Waals surface area contributed by atoms with E-state index in [9.17, 15) is 4.39 Å². The highest BCUT2D eigenvalue weighted by Crippen LogP contribution is 2.24. The van der Waals surface area contributed by atoms with Crippen molar-refractivity contribution in [3.05, 3.63) is 58.3 Å². The Balaban J connectivity index is 2.17. The highest BCUT2D eigenvalue weighted by atomic mass is 79.9. The van der Waals surface area contributed by atoms with E-state index < -0.39 is 0 Å². The number of rotatable bonds is 4. The average Bonchev–Trinajstić information content (AvgIpc) is 2.42. The van der Waals surface area contributed by atoms with Crippen molar-refractivity contribution in [2.75, 3.05) is 19.1 Å². The summed E-state index contributed by atoms with van der Waals surface area (Å²) < 4.78 is 19.0. The van der Waals surface area contributed by atoms with E-state index in [4.69, 9.17) is 4.74 Å². The first-order valence-electron chi connectivity index (χ1n) is 5.89. The fourth-order valence-corrected chi connectivity index (χ4v) is 2.32. The van der Waals surface area contributed by atoms with Crippen molar-refractivity contribution in [1.29, 1.82) is 0 Å². The molecule has 2 nitrogen and oxygen atoms in total. The first-order chi connectivity index (χ1) is 9.10. The lowest BCUT2D eigenvalue weighted by molar-refractivity contribution is 0.415. The molecule has 0 saturated carbocycles. The van der Waals surface area contributed by atoms with Crippen LogP contribution >= 0.6 is 15.9 Å². The van der Waals surface area contributed by atoms with Gasteiger partial charge in [0, 0.05) is 29.8 Å². The molecule has 2 aromatic rings. The van der Waals surface area contributed by atoms with Crippen LogP contribution in [0, 0.1) is 5.82 Å². The quantitative estimate of drug-likeness (QED) is 0.834. The summed E-state index contributed by atoms with van der Waals surface area (Å²) in [5.41, 5.74) is 2.09. The summed E-state index contributed by atoms with van der Waals surface area (Å²) in [6.07, 6.45) is 0. The summed E-state index contributed by atoms with van der Waals surface area (Å²) in [5.74, 6) is 0.585. The van der Waals surface area contributed by atoms with Crippen LogP contribution in [0.2, 0.25) is 0 Å². The van der Waals surface area contributed by atoms with Gasteiger partial charge in [0.15, 0.2) is 0 Å². The standard InChI is InChI=1S/C15H15BrFNO/c1-18(13-4-3-5-14(9-13)19-2)10-11-6-7-12(17)8-15(11)16/h3-9H,10H2,1-2H3. The minimum absolute atomic E-state index is 0.236. The first kappa shape index (κ1) is 13.9. The van der Waals surface area contributed by atoms with Gasteiger partial charge in [0.05, 0.1) is 7.11 Å². The third-order valence-corrected chi connectivity index (χ3v) is 3.65. The van der Waals surface area contributed by atoms with E-state index in [1.165, 1.54) is 12.1 Å². The maximum Gasteiger partial charge on any atom is 0.124 e. The molecule has 0 aliphatic rings. The third-order valence-electron chi connectivity index (χ3n) is 2.92. The van der Waals surface area contributed by atoms with Gasteiger partial charge in [0.1, 0.15) is 11.6 Å². The molecule has 0 spiro atoms. The molecule has 0 saturated heterocycles. The second-order valence-corrected chi connectivity index (χ2v) is 5.15. The lowest BCUT2D eigenvalue weighted by Crippen LogP contribution is -2.16. The van der Waals surface area contributed by atoms with E-state index in [-0.39, 0.29) is 5.82 Å². The molecule has 0 atom stereocenters. The summed E-state index contributed by atoms with van der Waals surface area (Å²) in [4.78, 5) is 2.08. The Morgan fingerprint density at radius 3 is 2.68 bits per heavy atom. The summed E-state index contributed by atoms with van der Waals surface area (Å²) >= 11 is 3.38. The fraction of sp³-hybridized carbons (Fsp3) is 0.200. The predicted octanol–water partition coefficient (Wildman–Crippen LogP) is 4.23. The summed E-state index contributed by atoms with van der Waals surface area (Å²) in [6, 6.07) is 12.6. The Kier molecular flexibility index (Phi) is 4.43. The summed E-state index contributed by atoms with van der Waals surface area (Å²) in [5, 5.41) is 0. The first-order valence-corrected chi connectivity index (χ1v) is 6.68. The van der Waals surface area contributed by atoms with E-state index in [1.54, 1.807) is 13.2 Å². The van der Waals surface area contributed by atoms with Crippen LogP contribution in [-0.2, 0) is 6.54 Å². The molecule has 4 heteroatoms. The summed E-state index contributed by atoms with van der Waals surface area (Å²) in [6.45, 7) is 0.689. The van der Waals surface area contributed by atoms with Crippen molar-refractivity contribution in [3.8, 4) is 5.75 Å². The van der Waals surface area contributed by atoms with E-state index in [0.29, 0.717) is 6.54 Å². The Hall–Kier alpha value is -1.55. The van der Waals surface area contributed by atoms with Gasteiger partial charge in [-0.15, -0.1) is 0 Å². The number of hydrogen-bond acceptors (Lipinski definition) is 2. The largest absolute Gasteiger partial charge is 0.497 e. The van der Waals surface area contributed by atoms with Crippen LogP contribution in [0.15, 0.2) is 46.9 Å². The van der Waals surface area contributed by atoms with Gasteiger partial charge < -0.3 is 9.64 Å². The van der Waals surface area contributed by atoms with E-state index in [1.807, 2.05) is 31.3 Å². The zero-order valence-electron chi connectivity index (χ0n) is 10.9. The molecule has 0 radical (unpaired) electrons. The van der Waals surface area contributed by atoms with Crippen molar-refractivity contribution in [2.45, 2.75) is 6.54 Å². The molecule has 0 unspecified atom stereocenters. The fourth-order valence-electron chi connectivity index (χ4n) is 1.84. The molecule has 0 aliphatic carbocycles. The lowest BCUT2D eigenvalue weighted by atomic mass is 10.2. The van der Waals surface area contributed by atoms with E-state index >= 15 is 0 Å². The Labute approximate surface area is 120 Å². The Bertz CT molecular complexity index is 574. The number of anilines is 1. The second-order valence-electron chi connectivity index (χ2n) is 4.29. The van der Waals surface area contributed by atoms with Gasteiger partial charge in [-0.05, 0) is 29.8 Å². The number of methoxy groups -OCH3 is 1. The SMILES string of the molecule is COc1cccc(N(C)Cc2ccc(F)cc2Br)c1. The van der Waals surface area contributed by atoms with Crippen LogP contribution in [0.4, 0.5) is 10.1 Å². The molecule has 100 valence electrons. The van der Waals surface area contributed by atoms with Crippen LogP contribution in [-0.4, -0.2) is 14.2 Å². The smallest absolute Gasteiger partial charge is 0.124 e. The van der Waals surface area contributed by atoms with Gasteiger partial charge in [-0.1, -0.05) is 28.1 Å². The highest BCUT2D eigenvalue weighted by Gasteiger charge is 2.07. The molecule has 0 aromatic heterocycles. The highest BCUT2D eigenvalue weighted by molar-refractivity contribution is 9.10. The molecule has 0 aliphatic heterocycles. The normalized spacial score (nSPS) is 10.3. The monoisotopic (exact) mass is 323 g/mol. The minimum Gasteiger partial charge on any atom is -0.497 e. The molecule has 2 aromatic carbocycles. The van der Waals surface area contributed by atoms with E-state index in [2.05, 4.69) is 20.8 Å². The molecule has 0 bridgehead atoms. The summed E-state index contributed by atoms with van der Waals surface area (Å²) in [7, 11) is 3.64. The van der Waals surface area contributed by atoms with Crippen molar-refractivity contribution in [2.24, 2.45) is 0 Å². The van der Waals surface area contributed by atoms with Crippen LogP contribution in [0.5, 0.6) is 5.75 Å². The predicted molar refractivity (Wildman–Crippen MR) is 79.2 cm³/mol. The lowest BCUT2D eigenvalue weighted by Gasteiger charge is -2.20. The average molecular weight is 324 g/mol. The molecular weight excluding hydrogens is 309 g/mol. The van der Waals surface area contributed by atoms with Crippen LogP contribution < -0.4 is 9.64 Å². The molecule has 0 fully saturated rings. The topological polar surface area (TPSA) is 12.5 Å². The second kappa shape index (κ2) is 6.06. The van der Waals surface area contributed by atoms with Gasteiger partial charge >= 0.3 is 0 Å². The Morgan fingerprint density at radius 2 is 2.00 bits per heavy atom. The van der Waals surface area contributed by atoms with Crippen LogP contribution in [0.1, 0.15) is 5.56 Å². The number of hydrogen-bond donors (Lipinski definition) is 0. The van der Waals surface area contributed by atoms with Gasteiger partial charge in [0.2, 0.25) is 0 Å². The molecule has 0 heterocycles. The number of halogens is 2. The zero-order chi connectivity index (χ0) is 13.8. The number of ether oxygens (including phenoxy) is 1. The maximum atomic E-state index is 13.0. The van der Waals surface area contributed by atoms with Crippen molar-refractivity contribution in [3.63, 3.8) is 0 Å². The minimum atomic E-state index is -0.236. The van der Waals surface area contributed by atoms with Gasteiger partial charge in [-0.2, -0.15) is 0 Å². The Morgan fingerprint density at radius 1 is 1.21 bits per heavy atom. The molecule has 0 N–H and O–H groups in total. The third kappa shape index (κ3) is 3.47. The molecule has 19 heavy (non-hydrogen) atoms. The van der Waals surface area contributed by atoms with Crippen molar-refractivity contribution < 1.29 is 9.13 Å². The van der Waals surface area contributed by atoms with Crippen molar-refractivity contribution >= 4 is 21.6 Å². The van der Waals surface area contributed by atoms with E-state index in [0.717, 1.165) is 21.5 Å². The molecular formula is C15H15BrFNO. The molecule has 2 rings (SSSR count). The number of nitrogens with zero attached hydrogens (tertiary/aromatic N) is 1. The van der Waals surface area contributed by atoms with Gasteiger partial charge in [-0.3, -0.25) is 0 Å². The van der Waals surface area contributed by atoms with Crippen molar-refractivity contribution in [1.82, 2.24) is 0 Å². The van der Waals surface area contributed by atoms with Gasteiger partial charge in [-0.25, -0.2) is 4.39 Å². The molecule has 0 amide bonds. The number of benzene rings is 2.